The molecule has 0 unspecified atom stereocenters. The lowest BCUT2D eigenvalue weighted by Gasteiger charge is -2.05. The van der Waals surface area contributed by atoms with E-state index in [1.165, 1.54) is 43.5 Å². The molecule has 0 aromatic heterocycles. The first-order valence-corrected chi connectivity index (χ1v) is 7.95. The molecule has 0 spiro atoms. The normalized spacial score (nSPS) is 12.0. The molecule has 0 fully saturated rings. The third-order valence-electron chi connectivity index (χ3n) is 2.69. The number of ether oxygens (including phenoxy) is 1. The third kappa shape index (κ3) is 5.42. The van der Waals surface area contributed by atoms with Crippen LogP contribution in [0.5, 0.6) is 0 Å². The monoisotopic (exact) mass is 320 g/mol. The molecule has 0 aliphatic carbocycles. The van der Waals surface area contributed by atoms with Crippen LogP contribution in [0.1, 0.15) is 6.92 Å². The van der Waals surface area contributed by atoms with E-state index >= 15 is 0 Å². The molecule has 0 bridgehead atoms. The molecular formula is C15H16N2O4S. The van der Waals surface area contributed by atoms with Crippen molar-refractivity contribution in [1.82, 2.24) is 0 Å². The number of carbonyl (C=O) groups is 1. The number of anilines is 1. The predicted molar refractivity (Wildman–Crippen MR) is 83.0 cm³/mol. The standard InChI is InChI=1S/C15H16N2O4S/c1-12(4-3-10-16)9-11-22(19,20)14-7-5-13(6-8-14)17-15(18)21-2/h3-9H,11H2,1-2H3,(H,17,18)/b4-3+,12-9+. The number of hydrogen-bond acceptors (Lipinski definition) is 5. The van der Waals surface area contributed by atoms with Gasteiger partial charge in [-0.15, -0.1) is 0 Å². The number of methoxy groups -OCH3 is 1. The topological polar surface area (TPSA) is 96.3 Å². The first-order valence-electron chi connectivity index (χ1n) is 6.30. The van der Waals surface area contributed by atoms with Crippen LogP contribution < -0.4 is 5.32 Å². The van der Waals surface area contributed by atoms with Crippen molar-refractivity contribution in [2.75, 3.05) is 18.2 Å². The van der Waals surface area contributed by atoms with Crippen molar-refractivity contribution in [2.45, 2.75) is 11.8 Å². The van der Waals surface area contributed by atoms with Gasteiger partial charge in [-0.25, -0.2) is 13.2 Å². The molecule has 1 N–H and O–H groups in total. The second-order valence-corrected chi connectivity index (χ2v) is 6.37. The SMILES string of the molecule is COC(=O)Nc1ccc(S(=O)(=O)C/C=C(C)/C=C/C#N)cc1. The number of rotatable bonds is 5. The van der Waals surface area contributed by atoms with Crippen LogP contribution in [0.15, 0.2) is 53.0 Å². The summed E-state index contributed by atoms with van der Waals surface area (Å²) >= 11 is 0. The van der Waals surface area contributed by atoms with Crippen LogP contribution >= 0.6 is 0 Å². The molecule has 1 rings (SSSR count). The maximum absolute atomic E-state index is 12.2. The van der Waals surface area contributed by atoms with Crippen molar-refractivity contribution in [1.29, 1.82) is 5.26 Å². The Hall–Kier alpha value is -2.59. The predicted octanol–water partition coefficient (Wildman–Crippen LogP) is 2.66. The van der Waals surface area contributed by atoms with Crippen LogP contribution in [-0.2, 0) is 14.6 Å². The minimum absolute atomic E-state index is 0.149. The highest BCUT2D eigenvalue weighted by Crippen LogP contribution is 2.16. The van der Waals surface area contributed by atoms with E-state index in [-0.39, 0.29) is 10.6 Å². The highest BCUT2D eigenvalue weighted by Gasteiger charge is 2.13. The molecule has 1 aromatic rings. The van der Waals surface area contributed by atoms with Gasteiger partial charge in [-0.2, -0.15) is 5.26 Å². The van der Waals surface area contributed by atoms with Crippen LogP contribution in [0, 0.1) is 11.3 Å². The Morgan fingerprint density at radius 1 is 1.36 bits per heavy atom. The highest BCUT2D eigenvalue weighted by atomic mass is 32.2. The van der Waals surface area contributed by atoms with E-state index in [9.17, 15) is 13.2 Å². The van der Waals surface area contributed by atoms with Crippen molar-refractivity contribution in [3.8, 4) is 6.07 Å². The van der Waals surface area contributed by atoms with Gasteiger partial charge in [0.05, 0.1) is 23.8 Å². The number of hydrogen-bond donors (Lipinski definition) is 1. The lowest BCUT2D eigenvalue weighted by Crippen LogP contribution is -2.11. The smallest absolute Gasteiger partial charge is 0.411 e. The van der Waals surface area contributed by atoms with Gasteiger partial charge in [-0.05, 0) is 37.3 Å². The van der Waals surface area contributed by atoms with Crippen molar-refractivity contribution in [3.05, 3.63) is 48.1 Å². The maximum Gasteiger partial charge on any atom is 0.411 e. The summed E-state index contributed by atoms with van der Waals surface area (Å²) in [6.45, 7) is 1.72. The number of allylic oxidation sites excluding steroid dienone is 3. The molecule has 1 amide bonds. The van der Waals surface area contributed by atoms with Gasteiger partial charge >= 0.3 is 6.09 Å². The Balaban J connectivity index is 2.84. The van der Waals surface area contributed by atoms with Gasteiger partial charge in [0.15, 0.2) is 9.84 Å². The van der Waals surface area contributed by atoms with Crippen molar-refractivity contribution in [3.63, 3.8) is 0 Å². The quantitative estimate of drug-likeness (QED) is 0.664. The average Bonchev–Trinajstić information content (AvgIpc) is 2.51. The number of benzene rings is 1. The molecule has 116 valence electrons. The first kappa shape index (κ1) is 17.5. The second kappa shape index (κ2) is 8.00. The van der Waals surface area contributed by atoms with E-state index in [2.05, 4.69) is 10.1 Å². The van der Waals surface area contributed by atoms with Crippen LogP contribution in [0.3, 0.4) is 0 Å². The fraction of sp³-hybridized carbons (Fsp3) is 0.200. The summed E-state index contributed by atoms with van der Waals surface area (Å²) in [6.07, 6.45) is 3.73. The Kier molecular flexibility index (Phi) is 6.35. The summed E-state index contributed by atoms with van der Waals surface area (Å²) in [4.78, 5) is 11.2. The summed E-state index contributed by atoms with van der Waals surface area (Å²) < 4.78 is 28.8. The Labute approximate surface area is 129 Å². The van der Waals surface area contributed by atoms with Gasteiger partial charge < -0.3 is 4.74 Å². The fourth-order valence-corrected chi connectivity index (χ4v) is 2.71. The molecule has 22 heavy (non-hydrogen) atoms. The Morgan fingerprint density at radius 3 is 2.55 bits per heavy atom. The van der Waals surface area contributed by atoms with Gasteiger partial charge in [-0.1, -0.05) is 11.6 Å². The summed E-state index contributed by atoms with van der Waals surface area (Å²) in [5.74, 6) is -0.168. The van der Waals surface area contributed by atoms with Gasteiger partial charge in [0.2, 0.25) is 0 Å². The maximum atomic E-state index is 12.2. The Bertz CT molecular complexity index is 726. The number of carbonyl (C=O) groups excluding carboxylic acids is 1. The van der Waals surface area contributed by atoms with Crippen molar-refractivity contribution in [2.24, 2.45) is 0 Å². The van der Waals surface area contributed by atoms with Crippen LogP contribution in [0.4, 0.5) is 10.5 Å². The molecule has 0 radical (unpaired) electrons. The number of sulfone groups is 1. The zero-order chi connectivity index (χ0) is 16.6. The van der Waals surface area contributed by atoms with E-state index in [0.29, 0.717) is 11.3 Å². The van der Waals surface area contributed by atoms with Crippen molar-refractivity contribution >= 4 is 21.6 Å². The van der Waals surface area contributed by atoms with Crippen LogP contribution in [0.25, 0.3) is 0 Å². The van der Waals surface area contributed by atoms with E-state index in [1.807, 2.05) is 6.07 Å². The summed E-state index contributed by atoms with van der Waals surface area (Å²) in [5.41, 5.74) is 1.13. The van der Waals surface area contributed by atoms with Gasteiger partial charge in [0.25, 0.3) is 0 Å². The minimum Gasteiger partial charge on any atom is -0.453 e. The molecule has 0 saturated heterocycles. The number of nitrogens with one attached hydrogen (secondary N) is 1. The summed E-state index contributed by atoms with van der Waals surface area (Å²) in [7, 11) is -2.23. The number of amides is 1. The van der Waals surface area contributed by atoms with Gasteiger partial charge in [0.1, 0.15) is 0 Å². The van der Waals surface area contributed by atoms with Crippen LogP contribution in [-0.4, -0.2) is 27.4 Å². The average molecular weight is 320 g/mol. The summed E-state index contributed by atoms with van der Waals surface area (Å²) in [5, 5.41) is 10.8. The molecular weight excluding hydrogens is 304 g/mol. The van der Waals surface area contributed by atoms with Gasteiger partial charge in [-0.3, -0.25) is 5.32 Å². The third-order valence-corrected chi connectivity index (χ3v) is 4.29. The Morgan fingerprint density at radius 2 is 2.00 bits per heavy atom. The lowest BCUT2D eigenvalue weighted by atomic mass is 10.3. The zero-order valence-corrected chi connectivity index (χ0v) is 13.1. The van der Waals surface area contributed by atoms with Crippen LogP contribution in [0.2, 0.25) is 0 Å². The highest BCUT2D eigenvalue weighted by molar-refractivity contribution is 7.91. The van der Waals surface area contributed by atoms with Crippen molar-refractivity contribution < 1.29 is 17.9 Å². The lowest BCUT2D eigenvalue weighted by molar-refractivity contribution is 0.187. The largest absolute Gasteiger partial charge is 0.453 e. The van der Waals surface area contributed by atoms with E-state index in [0.717, 1.165) is 0 Å². The van der Waals surface area contributed by atoms with E-state index < -0.39 is 15.9 Å². The van der Waals surface area contributed by atoms with E-state index in [4.69, 9.17) is 5.26 Å². The number of nitriles is 1. The molecule has 0 atom stereocenters. The molecule has 0 aliphatic heterocycles. The molecule has 6 nitrogen and oxygen atoms in total. The first-order chi connectivity index (χ1) is 10.4. The molecule has 1 aromatic carbocycles. The van der Waals surface area contributed by atoms with Gasteiger partial charge in [0, 0.05) is 11.8 Å². The molecule has 0 saturated carbocycles. The fourth-order valence-electron chi connectivity index (χ4n) is 1.49. The molecule has 7 heteroatoms. The zero-order valence-electron chi connectivity index (χ0n) is 12.2. The molecule has 0 heterocycles. The summed E-state index contributed by atoms with van der Waals surface area (Å²) in [6, 6.07) is 7.63. The molecule has 0 aliphatic rings. The van der Waals surface area contributed by atoms with E-state index in [1.54, 1.807) is 13.0 Å². The number of nitrogens with zero attached hydrogens (tertiary/aromatic N) is 1. The minimum atomic E-state index is -3.47. The second-order valence-electron chi connectivity index (χ2n) is 4.33.